The maximum Gasteiger partial charge on any atom is 0.0726 e. The minimum atomic E-state index is -0.410. The summed E-state index contributed by atoms with van der Waals surface area (Å²) in [6.07, 6.45) is 0. The lowest BCUT2D eigenvalue weighted by atomic mass is 9.70. The van der Waals surface area contributed by atoms with Gasteiger partial charge in [0.15, 0.2) is 0 Å². The number of nitrogens with zero attached hydrogens (tertiary/aromatic N) is 2. The van der Waals surface area contributed by atoms with Crippen LogP contribution < -0.4 is 9.80 Å². The first-order valence-electron chi connectivity index (χ1n) is 23.8. The van der Waals surface area contributed by atoms with Crippen LogP contribution in [0.15, 0.2) is 279 Å². The van der Waals surface area contributed by atoms with Crippen molar-refractivity contribution < 1.29 is 0 Å². The third kappa shape index (κ3) is 6.56. The molecule has 324 valence electrons. The van der Waals surface area contributed by atoms with E-state index in [1.165, 1.54) is 83.6 Å². The van der Waals surface area contributed by atoms with E-state index in [0.29, 0.717) is 0 Å². The molecule has 0 bridgehead atoms. The summed E-state index contributed by atoms with van der Waals surface area (Å²) in [5.41, 5.74) is 24.0. The Bertz CT molecular complexity index is 3590. The van der Waals surface area contributed by atoms with Crippen molar-refractivity contribution in [1.82, 2.24) is 0 Å². The zero-order valence-corrected chi connectivity index (χ0v) is 38.0. The molecule has 0 saturated heterocycles. The van der Waals surface area contributed by atoms with E-state index in [1.807, 2.05) is 0 Å². The van der Waals surface area contributed by atoms with E-state index in [4.69, 9.17) is 0 Å². The molecule has 2 heteroatoms. The highest BCUT2D eigenvalue weighted by Crippen LogP contribution is 2.64. The van der Waals surface area contributed by atoms with Gasteiger partial charge in [0.05, 0.1) is 16.8 Å². The second-order valence-electron chi connectivity index (χ2n) is 18.0. The summed E-state index contributed by atoms with van der Waals surface area (Å²) in [7, 11) is 0. The summed E-state index contributed by atoms with van der Waals surface area (Å²) in [6.45, 7) is 0. The number of rotatable bonds is 9. The van der Waals surface area contributed by atoms with E-state index in [9.17, 15) is 0 Å². The number of para-hydroxylation sites is 3. The molecule has 0 amide bonds. The molecular weight excluding hydrogens is 833 g/mol. The highest BCUT2D eigenvalue weighted by atomic mass is 15.2. The Labute approximate surface area is 404 Å². The van der Waals surface area contributed by atoms with Crippen LogP contribution in [0, 0.1) is 0 Å². The molecule has 1 spiro atoms. The van der Waals surface area contributed by atoms with Gasteiger partial charge in [-0.15, -0.1) is 0 Å². The highest BCUT2D eigenvalue weighted by Gasteiger charge is 2.52. The fourth-order valence-electron chi connectivity index (χ4n) is 11.3. The molecule has 0 unspecified atom stereocenters. The topological polar surface area (TPSA) is 6.48 Å². The van der Waals surface area contributed by atoms with Crippen molar-refractivity contribution >= 4 is 34.1 Å². The zero-order chi connectivity index (χ0) is 45.7. The predicted octanol–water partition coefficient (Wildman–Crippen LogP) is 18.0. The van der Waals surface area contributed by atoms with Crippen molar-refractivity contribution in [3.05, 3.63) is 301 Å². The van der Waals surface area contributed by atoms with E-state index in [2.05, 4.69) is 289 Å². The summed E-state index contributed by atoms with van der Waals surface area (Å²) >= 11 is 0. The van der Waals surface area contributed by atoms with Crippen LogP contribution in [0.25, 0.3) is 55.6 Å². The van der Waals surface area contributed by atoms with Gasteiger partial charge in [-0.1, -0.05) is 218 Å². The average molecular weight is 879 g/mol. The lowest BCUT2D eigenvalue weighted by Crippen LogP contribution is -2.26. The van der Waals surface area contributed by atoms with Crippen molar-refractivity contribution in [2.75, 3.05) is 9.80 Å². The number of fused-ring (bicyclic) bond motifs is 10. The van der Waals surface area contributed by atoms with Gasteiger partial charge in [-0.25, -0.2) is 0 Å². The van der Waals surface area contributed by atoms with E-state index in [-0.39, 0.29) is 0 Å². The van der Waals surface area contributed by atoms with E-state index in [0.717, 1.165) is 28.4 Å². The highest BCUT2D eigenvalue weighted by molar-refractivity contribution is 6.01. The third-order valence-corrected chi connectivity index (χ3v) is 14.3. The fourth-order valence-corrected chi connectivity index (χ4v) is 11.3. The molecule has 0 heterocycles. The Morgan fingerprint density at radius 2 is 0.536 bits per heavy atom. The van der Waals surface area contributed by atoms with E-state index < -0.39 is 5.41 Å². The number of benzene rings is 11. The van der Waals surface area contributed by atoms with Gasteiger partial charge in [0.2, 0.25) is 0 Å². The normalized spacial score (nSPS) is 12.5. The molecule has 0 aliphatic heterocycles. The smallest absolute Gasteiger partial charge is 0.0726 e. The molecule has 0 atom stereocenters. The van der Waals surface area contributed by atoms with Crippen LogP contribution in [0.3, 0.4) is 0 Å². The Morgan fingerprint density at radius 1 is 0.203 bits per heavy atom. The molecule has 0 fully saturated rings. The number of anilines is 6. The lowest BCUT2D eigenvalue weighted by Gasteiger charge is -2.31. The maximum absolute atomic E-state index is 2.44. The van der Waals surface area contributed by atoms with Crippen LogP contribution >= 0.6 is 0 Å². The van der Waals surface area contributed by atoms with Crippen LogP contribution in [0.5, 0.6) is 0 Å². The quantitative estimate of drug-likeness (QED) is 0.143. The van der Waals surface area contributed by atoms with Crippen molar-refractivity contribution in [2.45, 2.75) is 5.41 Å². The van der Waals surface area contributed by atoms with Crippen molar-refractivity contribution in [3.8, 4) is 55.6 Å². The van der Waals surface area contributed by atoms with Crippen LogP contribution in [0.4, 0.5) is 34.1 Å². The molecule has 2 nitrogen and oxygen atoms in total. The summed E-state index contributed by atoms with van der Waals surface area (Å²) in [5, 5.41) is 0. The van der Waals surface area contributed by atoms with E-state index in [1.54, 1.807) is 0 Å². The standard InChI is InChI=1S/C67H46N2/c1-4-19-51(20-5-1)56-25-13-17-33-64(56)68(52-21-6-2-7-22-52)54-43-39-49(40-44-54)47-35-37-48(38-36-47)50-41-45-55(46-42-50)69(53-23-8-3-9-24-53)65-34-18-32-63-66(65)59-28-12-16-31-62(59)67(63)60-29-14-10-26-57(60)58-27-11-15-30-61(58)67/h1-46H. The van der Waals surface area contributed by atoms with Gasteiger partial charge in [0, 0.05) is 33.9 Å². The van der Waals surface area contributed by atoms with Gasteiger partial charge in [-0.2, -0.15) is 0 Å². The van der Waals surface area contributed by atoms with E-state index >= 15 is 0 Å². The SMILES string of the molecule is c1ccc(-c2ccccc2N(c2ccccc2)c2ccc(-c3ccc(-c4ccc(N(c5ccccc5)c5cccc6c5-c5ccccc5C65c6ccccc6-c6ccccc65)cc4)cc3)cc2)cc1. The van der Waals surface area contributed by atoms with Gasteiger partial charge >= 0.3 is 0 Å². The first-order chi connectivity index (χ1) is 34.3. The predicted molar refractivity (Wildman–Crippen MR) is 288 cm³/mol. The van der Waals surface area contributed by atoms with Gasteiger partial charge in [-0.3, -0.25) is 0 Å². The van der Waals surface area contributed by atoms with Gasteiger partial charge in [-0.05, 0) is 127 Å². The Morgan fingerprint density at radius 3 is 1.04 bits per heavy atom. The van der Waals surface area contributed by atoms with Gasteiger partial charge < -0.3 is 9.80 Å². The molecule has 0 radical (unpaired) electrons. The molecule has 11 aromatic carbocycles. The zero-order valence-electron chi connectivity index (χ0n) is 38.0. The van der Waals surface area contributed by atoms with Crippen LogP contribution in [-0.4, -0.2) is 0 Å². The maximum atomic E-state index is 2.44. The summed E-state index contributed by atoms with van der Waals surface area (Å²) < 4.78 is 0. The van der Waals surface area contributed by atoms with Crippen LogP contribution in [0.2, 0.25) is 0 Å². The molecule has 2 aliphatic rings. The van der Waals surface area contributed by atoms with Crippen molar-refractivity contribution in [3.63, 3.8) is 0 Å². The summed E-state index contributed by atoms with van der Waals surface area (Å²) in [5.74, 6) is 0. The molecule has 2 aliphatic carbocycles. The largest absolute Gasteiger partial charge is 0.310 e. The molecule has 69 heavy (non-hydrogen) atoms. The molecule has 11 aromatic rings. The fraction of sp³-hybridized carbons (Fsp3) is 0.0149. The molecule has 13 rings (SSSR count). The number of hydrogen-bond donors (Lipinski definition) is 0. The lowest BCUT2D eigenvalue weighted by molar-refractivity contribution is 0.794. The molecular formula is C67H46N2. The number of hydrogen-bond acceptors (Lipinski definition) is 2. The third-order valence-electron chi connectivity index (χ3n) is 14.3. The van der Waals surface area contributed by atoms with Crippen LogP contribution in [-0.2, 0) is 5.41 Å². The Hall–Kier alpha value is -8.98. The summed E-state index contributed by atoms with van der Waals surface area (Å²) in [4.78, 5) is 4.79. The minimum Gasteiger partial charge on any atom is -0.310 e. The van der Waals surface area contributed by atoms with Gasteiger partial charge in [0.25, 0.3) is 0 Å². The second-order valence-corrected chi connectivity index (χ2v) is 18.0. The average Bonchev–Trinajstić information content (AvgIpc) is 3.91. The second kappa shape index (κ2) is 16.7. The summed E-state index contributed by atoms with van der Waals surface area (Å²) in [6, 6.07) is 102. The van der Waals surface area contributed by atoms with Crippen LogP contribution in [0.1, 0.15) is 22.3 Å². The molecule has 0 N–H and O–H groups in total. The first kappa shape index (κ1) is 40.3. The molecule has 0 saturated carbocycles. The Balaban J connectivity index is 0.838. The first-order valence-corrected chi connectivity index (χ1v) is 23.8. The Kier molecular flexibility index (Phi) is 9.77. The monoisotopic (exact) mass is 878 g/mol. The minimum absolute atomic E-state index is 0.410. The van der Waals surface area contributed by atoms with Crippen molar-refractivity contribution in [2.24, 2.45) is 0 Å². The van der Waals surface area contributed by atoms with Gasteiger partial charge in [0.1, 0.15) is 0 Å². The molecule has 0 aromatic heterocycles. The van der Waals surface area contributed by atoms with Crippen molar-refractivity contribution in [1.29, 1.82) is 0 Å².